The first-order valence-electron chi connectivity index (χ1n) is 7.11. The van der Waals surface area contributed by atoms with Crippen molar-refractivity contribution in [1.82, 2.24) is 0 Å². The molecule has 0 spiro atoms. The Balaban J connectivity index is 1.79. The van der Waals surface area contributed by atoms with Crippen LogP contribution in [0.25, 0.3) is 0 Å². The normalized spacial score (nSPS) is 33.5. The number of fused-ring (bicyclic) bond motifs is 1. The van der Waals surface area contributed by atoms with Gasteiger partial charge in [-0.25, -0.2) is 8.78 Å². The minimum Gasteiger partial charge on any atom is -0.387 e. The zero-order valence-electron chi connectivity index (χ0n) is 11.2. The van der Waals surface area contributed by atoms with Crippen molar-refractivity contribution in [1.29, 1.82) is 0 Å². The Bertz CT molecular complexity index is 495. The molecule has 20 heavy (non-hydrogen) atoms. The van der Waals surface area contributed by atoms with Crippen LogP contribution < -0.4 is 5.32 Å². The molecule has 1 aliphatic carbocycles. The molecule has 0 bridgehead atoms. The number of halogens is 2. The summed E-state index contributed by atoms with van der Waals surface area (Å²) in [5.74, 6) is -1.64. The van der Waals surface area contributed by atoms with E-state index in [0.29, 0.717) is 18.9 Å². The SMILES string of the molecule is O[C@]12CCCC[C@@H]1COCC2Nc1ccc(F)c(F)c1. The molecular weight excluding hydrogens is 264 g/mol. The monoisotopic (exact) mass is 283 g/mol. The van der Waals surface area contributed by atoms with Crippen molar-refractivity contribution in [2.45, 2.75) is 37.3 Å². The first-order valence-corrected chi connectivity index (χ1v) is 7.11. The molecule has 1 aromatic carbocycles. The smallest absolute Gasteiger partial charge is 0.160 e. The van der Waals surface area contributed by atoms with Gasteiger partial charge in [0.25, 0.3) is 0 Å². The summed E-state index contributed by atoms with van der Waals surface area (Å²) >= 11 is 0. The molecule has 0 radical (unpaired) electrons. The molecule has 0 amide bonds. The highest BCUT2D eigenvalue weighted by molar-refractivity contribution is 5.45. The molecule has 3 atom stereocenters. The minimum absolute atomic E-state index is 0.118. The van der Waals surface area contributed by atoms with Gasteiger partial charge in [0.2, 0.25) is 0 Å². The highest BCUT2D eigenvalue weighted by Gasteiger charge is 2.48. The maximum Gasteiger partial charge on any atom is 0.160 e. The highest BCUT2D eigenvalue weighted by atomic mass is 19.2. The van der Waals surface area contributed by atoms with E-state index in [-0.39, 0.29) is 12.0 Å². The summed E-state index contributed by atoms with van der Waals surface area (Å²) in [4.78, 5) is 0. The number of ether oxygens (including phenoxy) is 1. The van der Waals surface area contributed by atoms with Crippen LogP contribution in [0.1, 0.15) is 25.7 Å². The Morgan fingerprint density at radius 2 is 2.05 bits per heavy atom. The van der Waals surface area contributed by atoms with Crippen molar-refractivity contribution >= 4 is 5.69 Å². The number of hydrogen-bond donors (Lipinski definition) is 2. The van der Waals surface area contributed by atoms with E-state index in [4.69, 9.17) is 4.74 Å². The molecule has 2 fully saturated rings. The van der Waals surface area contributed by atoms with Gasteiger partial charge in [-0.1, -0.05) is 12.8 Å². The van der Waals surface area contributed by atoms with E-state index in [9.17, 15) is 13.9 Å². The van der Waals surface area contributed by atoms with E-state index in [1.807, 2.05) is 0 Å². The Hall–Kier alpha value is -1.20. The number of hydrogen-bond acceptors (Lipinski definition) is 3. The minimum atomic E-state index is -0.890. The molecule has 0 aromatic heterocycles. The van der Waals surface area contributed by atoms with Crippen LogP contribution in [0.4, 0.5) is 14.5 Å². The lowest BCUT2D eigenvalue weighted by Crippen LogP contribution is -2.60. The van der Waals surface area contributed by atoms with Crippen molar-refractivity contribution in [3.05, 3.63) is 29.8 Å². The average molecular weight is 283 g/mol. The van der Waals surface area contributed by atoms with E-state index in [0.717, 1.165) is 37.8 Å². The lowest BCUT2D eigenvalue weighted by molar-refractivity contribution is -0.139. The van der Waals surface area contributed by atoms with Gasteiger partial charge in [-0.2, -0.15) is 0 Å². The van der Waals surface area contributed by atoms with Gasteiger partial charge in [-0.05, 0) is 25.0 Å². The largest absolute Gasteiger partial charge is 0.387 e. The van der Waals surface area contributed by atoms with E-state index in [1.54, 1.807) is 0 Å². The maximum atomic E-state index is 13.3. The molecule has 5 heteroatoms. The molecule has 110 valence electrons. The number of rotatable bonds is 2. The second-order valence-corrected chi connectivity index (χ2v) is 5.80. The van der Waals surface area contributed by atoms with Gasteiger partial charge in [-0.3, -0.25) is 0 Å². The quantitative estimate of drug-likeness (QED) is 0.877. The summed E-state index contributed by atoms with van der Waals surface area (Å²) in [5.41, 5.74) is -0.349. The third-order valence-corrected chi connectivity index (χ3v) is 4.55. The molecule has 1 unspecified atom stereocenters. The molecule has 1 aliphatic heterocycles. The van der Waals surface area contributed by atoms with Crippen LogP contribution in [0.2, 0.25) is 0 Å². The van der Waals surface area contributed by atoms with Crippen LogP contribution in [0.15, 0.2) is 18.2 Å². The van der Waals surface area contributed by atoms with Gasteiger partial charge in [-0.15, -0.1) is 0 Å². The van der Waals surface area contributed by atoms with Crippen LogP contribution in [0.5, 0.6) is 0 Å². The van der Waals surface area contributed by atoms with E-state index in [1.165, 1.54) is 6.07 Å². The third-order valence-electron chi connectivity index (χ3n) is 4.55. The van der Waals surface area contributed by atoms with E-state index < -0.39 is 17.2 Å². The van der Waals surface area contributed by atoms with Crippen LogP contribution in [0, 0.1) is 17.6 Å². The summed E-state index contributed by atoms with van der Waals surface area (Å²) in [6.45, 7) is 0.957. The van der Waals surface area contributed by atoms with Crippen LogP contribution >= 0.6 is 0 Å². The maximum absolute atomic E-state index is 13.3. The lowest BCUT2D eigenvalue weighted by Gasteiger charge is -2.48. The number of benzene rings is 1. The fourth-order valence-electron chi connectivity index (χ4n) is 3.37. The second kappa shape index (κ2) is 5.30. The highest BCUT2D eigenvalue weighted by Crippen LogP contribution is 2.40. The molecule has 2 aliphatic rings. The van der Waals surface area contributed by atoms with Crippen molar-refractivity contribution < 1.29 is 18.6 Å². The van der Waals surface area contributed by atoms with Crippen LogP contribution in [0.3, 0.4) is 0 Å². The topological polar surface area (TPSA) is 41.5 Å². The predicted octanol–water partition coefficient (Wildman–Crippen LogP) is 2.70. The Kier molecular flexibility index (Phi) is 3.65. The lowest BCUT2D eigenvalue weighted by atomic mass is 9.70. The molecule has 2 N–H and O–H groups in total. The summed E-state index contributed by atoms with van der Waals surface area (Å²) in [6, 6.07) is 3.40. The number of nitrogens with one attached hydrogen (secondary N) is 1. The Morgan fingerprint density at radius 3 is 2.85 bits per heavy atom. The average Bonchev–Trinajstić information content (AvgIpc) is 2.43. The molecule has 1 saturated carbocycles. The van der Waals surface area contributed by atoms with Crippen molar-refractivity contribution in [2.75, 3.05) is 18.5 Å². The van der Waals surface area contributed by atoms with Crippen molar-refractivity contribution in [2.24, 2.45) is 5.92 Å². The van der Waals surface area contributed by atoms with Crippen molar-refractivity contribution in [3.8, 4) is 0 Å². The van der Waals surface area contributed by atoms with Gasteiger partial charge < -0.3 is 15.2 Å². The van der Waals surface area contributed by atoms with Crippen LogP contribution in [-0.4, -0.2) is 30.0 Å². The van der Waals surface area contributed by atoms with Gasteiger partial charge in [0.1, 0.15) is 0 Å². The first kappa shape index (κ1) is 13.8. The van der Waals surface area contributed by atoms with E-state index in [2.05, 4.69) is 5.32 Å². The summed E-state index contributed by atoms with van der Waals surface area (Å²) in [5, 5.41) is 14.0. The number of aliphatic hydroxyl groups is 1. The van der Waals surface area contributed by atoms with Gasteiger partial charge in [0, 0.05) is 17.7 Å². The van der Waals surface area contributed by atoms with Gasteiger partial charge in [0.05, 0.1) is 24.9 Å². The molecule has 3 nitrogen and oxygen atoms in total. The van der Waals surface area contributed by atoms with Gasteiger partial charge >= 0.3 is 0 Å². The fourth-order valence-corrected chi connectivity index (χ4v) is 3.37. The van der Waals surface area contributed by atoms with Crippen molar-refractivity contribution in [3.63, 3.8) is 0 Å². The molecule has 1 aromatic rings. The number of anilines is 1. The molecule has 1 saturated heterocycles. The zero-order chi connectivity index (χ0) is 14.2. The first-order chi connectivity index (χ1) is 9.59. The molecule has 3 rings (SSSR count). The standard InChI is InChI=1S/C15H19F2NO2/c16-12-5-4-11(7-13(12)17)18-14-9-20-8-10-3-1-2-6-15(10,14)19/h4-5,7,10,14,18-19H,1-3,6,8-9H2/t10-,14?,15-/m1/s1. The predicted molar refractivity (Wildman–Crippen MR) is 71.5 cm³/mol. The summed E-state index contributed by atoms with van der Waals surface area (Å²) in [6.07, 6.45) is 3.77. The molecule has 1 heterocycles. The Labute approximate surface area is 116 Å². The summed E-state index contributed by atoms with van der Waals surface area (Å²) < 4.78 is 31.8. The van der Waals surface area contributed by atoms with Crippen LogP contribution in [-0.2, 0) is 4.74 Å². The third kappa shape index (κ3) is 2.40. The zero-order valence-corrected chi connectivity index (χ0v) is 11.2. The van der Waals surface area contributed by atoms with E-state index >= 15 is 0 Å². The second-order valence-electron chi connectivity index (χ2n) is 5.80. The van der Waals surface area contributed by atoms with Gasteiger partial charge in [0.15, 0.2) is 11.6 Å². The fraction of sp³-hybridized carbons (Fsp3) is 0.600. The Morgan fingerprint density at radius 1 is 1.20 bits per heavy atom. The molecular formula is C15H19F2NO2. The summed E-state index contributed by atoms with van der Waals surface area (Å²) in [7, 11) is 0.